The highest BCUT2D eigenvalue weighted by atomic mass is 79.9. The van der Waals surface area contributed by atoms with Gasteiger partial charge in [-0.05, 0) is 58.3 Å². The van der Waals surface area contributed by atoms with Gasteiger partial charge in [0, 0.05) is 14.0 Å². The van der Waals surface area contributed by atoms with Crippen molar-refractivity contribution in [1.29, 1.82) is 0 Å². The minimum absolute atomic E-state index is 0.128. The van der Waals surface area contributed by atoms with Crippen LogP contribution in [0.25, 0.3) is 10.1 Å². The highest BCUT2D eigenvalue weighted by Crippen LogP contribution is 2.37. The molecule has 3 rings (SSSR count). The summed E-state index contributed by atoms with van der Waals surface area (Å²) in [4.78, 5) is 0.738. The fourth-order valence-corrected chi connectivity index (χ4v) is 4.74. The van der Waals surface area contributed by atoms with Crippen molar-refractivity contribution in [3.05, 3.63) is 27.5 Å². The van der Waals surface area contributed by atoms with Crippen molar-refractivity contribution in [2.24, 2.45) is 11.1 Å². The third-order valence-corrected chi connectivity index (χ3v) is 6.09. The Labute approximate surface area is 130 Å². The van der Waals surface area contributed by atoms with Gasteiger partial charge >= 0.3 is 0 Å². The molecule has 0 bridgehead atoms. The van der Waals surface area contributed by atoms with Gasteiger partial charge in [0.15, 0.2) is 0 Å². The molecule has 2 N–H and O–H groups in total. The molecule has 1 saturated carbocycles. The molecule has 0 radical (unpaired) electrons. The molecule has 1 aromatic carbocycles. The molecule has 0 amide bonds. The van der Waals surface area contributed by atoms with Crippen LogP contribution in [-0.2, 0) is 15.8 Å². The Bertz CT molecular complexity index is 750. The molecule has 2 aromatic rings. The molecule has 20 heavy (non-hydrogen) atoms. The zero-order valence-electron chi connectivity index (χ0n) is 10.6. The van der Waals surface area contributed by atoms with E-state index in [1.165, 1.54) is 24.2 Å². The van der Waals surface area contributed by atoms with Crippen LogP contribution in [0.3, 0.4) is 0 Å². The van der Waals surface area contributed by atoms with Crippen LogP contribution in [-0.4, -0.2) is 15.0 Å². The van der Waals surface area contributed by atoms with E-state index in [2.05, 4.69) is 15.9 Å². The lowest BCUT2D eigenvalue weighted by Gasteiger charge is -2.06. The molecule has 4 nitrogen and oxygen atoms in total. The second kappa shape index (κ2) is 5.29. The molecule has 1 fully saturated rings. The normalized spacial score (nSPS) is 15.7. The van der Waals surface area contributed by atoms with Gasteiger partial charge in [0.05, 0.1) is 12.4 Å². The van der Waals surface area contributed by atoms with E-state index >= 15 is 0 Å². The van der Waals surface area contributed by atoms with E-state index in [0.29, 0.717) is 5.92 Å². The summed E-state index contributed by atoms with van der Waals surface area (Å²) in [6.07, 6.45) is 2.50. The molecule has 1 heterocycles. The van der Waals surface area contributed by atoms with Crippen LogP contribution < -0.4 is 9.88 Å². The van der Waals surface area contributed by atoms with E-state index < -0.39 is 10.0 Å². The van der Waals surface area contributed by atoms with Crippen LogP contribution in [0.5, 0.6) is 5.75 Å². The Hall–Kier alpha value is -0.630. The average Bonchev–Trinajstić information content (AvgIpc) is 3.06. The molecule has 7 heteroatoms. The Morgan fingerprint density at radius 2 is 2.10 bits per heavy atom. The Morgan fingerprint density at radius 1 is 1.35 bits per heavy atom. The molecule has 0 saturated heterocycles. The molecule has 1 aliphatic carbocycles. The maximum absolute atomic E-state index is 11.2. The molecular weight excluding hydrogens is 362 g/mol. The average molecular weight is 376 g/mol. The third-order valence-electron chi connectivity index (χ3n) is 3.12. The van der Waals surface area contributed by atoms with E-state index in [9.17, 15) is 8.42 Å². The first-order chi connectivity index (χ1) is 9.40. The monoisotopic (exact) mass is 375 g/mol. The highest BCUT2D eigenvalue weighted by Gasteiger charge is 2.22. The minimum atomic E-state index is -3.50. The van der Waals surface area contributed by atoms with Gasteiger partial charge in [-0.2, -0.15) is 0 Å². The van der Waals surface area contributed by atoms with Crippen molar-refractivity contribution in [3.8, 4) is 5.75 Å². The summed E-state index contributed by atoms with van der Waals surface area (Å²) in [5.74, 6) is 1.39. The van der Waals surface area contributed by atoms with Crippen LogP contribution in [0.15, 0.2) is 22.7 Å². The van der Waals surface area contributed by atoms with Gasteiger partial charge in [-0.1, -0.05) is 0 Å². The number of benzene rings is 1. The second-order valence-corrected chi connectivity index (χ2v) is 8.70. The Balaban J connectivity index is 1.89. The van der Waals surface area contributed by atoms with Crippen molar-refractivity contribution < 1.29 is 13.2 Å². The van der Waals surface area contributed by atoms with Gasteiger partial charge < -0.3 is 4.74 Å². The van der Waals surface area contributed by atoms with Gasteiger partial charge in [-0.15, -0.1) is 11.3 Å². The van der Waals surface area contributed by atoms with Crippen molar-refractivity contribution in [2.45, 2.75) is 18.6 Å². The van der Waals surface area contributed by atoms with Gasteiger partial charge in [0.2, 0.25) is 10.0 Å². The smallest absolute Gasteiger partial charge is 0.214 e. The van der Waals surface area contributed by atoms with Gasteiger partial charge in [0.1, 0.15) is 5.75 Å². The summed E-state index contributed by atoms with van der Waals surface area (Å²) in [7, 11) is -3.50. The third kappa shape index (κ3) is 3.52. The van der Waals surface area contributed by atoms with Crippen molar-refractivity contribution in [1.82, 2.24) is 0 Å². The van der Waals surface area contributed by atoms with Crippen molar-refractivity contribution >= 4 is 47.4 Å². The maximum Gasteiger partial charge on any atom is 0.214 e. The molecule has 0 unspecified atom stereocenters. The number of sulfonamides is 1. The molecule has 1 aliphatic rings. The molecule has 0 spiro atoms. The molecule has 1 aromatic heterocycles. The molecule has 0 atom stereocenters. The predicted molar refractivity (Wildman–Crippen MR) is 84.6 cm³/mol. The van der Waals surface area contributed by atoms with Crippen LogP contribution in [0.4, 0.5) is 0 Å². The topological polar surface area (TPSA) is 69.4 Å². The Morgan fingerprint density at radius 3 is 2.75 bits per heavy atom. The first-order valence-corrected chi connectivity index (χ1v) is 9.58. The van der Waals surface area contributed by atoms with Gasteiger partial charge in [0.25, 0.3) is 0 Å². The summed E-state index contributed by atoms with van der Waals surface area (Å²) >= 11 is 4.95. The molecule has 108 valence electrons. The molecular formula is C13H14BrNO3S2. The highest BCUT2D eigenvalue weighted by molar-refractivity contribution is 9.10. The maximum atomic E-state index is 11.2. The van der Waals surface area contributed by atoms with Crippen molar-refractivity contribution in [2.75, 3.05) is 6.61 Å². The van der Waals surface area contributed by atoms with Crippen LogP contribution in [0.1, 0.15) is 17.7 Å². The van der Waals surface area contributed by atoms with Gasteiger partial charge in [-0.3, -0.25) is 0 Å². The predicted octanol–water partition coefficient (Wildman–Crippen LogP) is 3.24. The van der Waals surface area contributed by atoms with Crippen LogP contribution in [0, 0.1) is 5.92 Å². The molecule has 0 aliphatic heterocycles. The van der Waals surface area contributed by atoms with E-state index in [4.69, 9.17) is 9.88 Å². The number of halogens is 1. The van der Waals surface area contributed by atoms with E-state index in [-0.39, 0.29) is 5.75 Å². The number of rotatable bonds is 5. The van der Waals surface area contributed by atoms with Gasteiger partial charge in [-0.25, -0.2) is 13.6 Å². The number of fused-ring (bicyclic) bond motifs is 1. The van der Waals surface area contributed by atoms with E-state index in [1.54, 1.807) is 0 Å². The summed E-state index contributed by atoms with van der Waals surface area (Å²) in [5, 5.41) is 6.07. The quantitative estimate of drug-likeness (QED) is 0.871. The minimum Gasteiger partial charge on any atom is -0.493 e. The number of ether oxygens (including phenoxy) is 1. The fraction of sp³-hybridized carbons (Fsp3) is 0.385. The van der Waals surface area contributed by atoms with Crippen molar-refractivity contribution in [3.63, 3.8) is 0 Å². The first kappa shape index (κ1) is 14.3. The first-order valence-electron chi connectivity index (χ1n) is 6.26. The summed E-state index contributed by atoms with van der Waals surface area (Å²) in [5.41, 5.74) is 0. The van der Waals surface area contributed by atoms with Crippen LogP contribution >= 0.6 is 27.3 Å². The number of hydrogen-bond donors (Lipinski definition) is 1. The zero-order chi connectivity index (χ0) is 14.3. The SMILES string of the molecule is NS(=O)(=O)Cc1cc2cc(OCC3CC3)cc(Br)c2s1. The lowest BCUT2D eigenvalue weighted by Crippen LogP contribution is -2.13. The van der Waals surface area contributed by atoms with E-state index in [1.807, 2.05) is 18.2 Å². The number of primary sulfonamides is 1. The van der Waals surface area contributed by atoms with Crippen LogP contribution in [0.2, 0.25) is 0 Å². The lowest BCUT2D eigenvalue weighted by atomic mass is 10.2. The standard InChI is InChI=1S/C13H14BrNO3S2/c14-12-5-10(18-6-8-1-2-8)3-9-4-11(19-13(9)12)7-20(15,16)17/h3-5,8H,1-2,6-7H2,(H2,15,16,17). The number of hydrogen-bond acceptors (Lipinski definition) is 4. The fourth-order valence-electron chi connectivity index (χ4n) is 1.99. The summed E-state index contributed by atoms with van der Waals surface area (Å²) < 4.78 is 30.0. The summed E-state index contributed by atoms with van der Waals surface area (Å²) in [6.45, 7) is 0.756. The zero-order valence-corrected chi connectivity index (χ0v) is 13.9. The largest absolute Gasteiger partial charge is 0.493 e. The lowest BCUT2D eigenvalue weighted by molar-refractivity contribution is 0.300. The number of nitrogens with two attached hydrogens (primary N) is 1. The Kier molecular flexibility index (Phi) is 3.79. The van der Waals surface area contributed by atoms with E-state index in [0.717, 1.165) is 31.8 Å². The summed E-state index contributed by atoms with van der Waals surface area (Å²) in [6, 6.07) is 5.74. The second-order valence-electron chi connectivity index (χ2n) is 5.10. The number of thiophene rings is 1.